The summed E-state index contributed by atoms with van der Waals surface area (Å²) in [6.07, 6.45) is 1.67. The van der Waals surface area contributed by atoms with E-state index in [0.29, 0.717) is 51.9 Å². The van der Waals surface area contributed by atoms with Crippen molar-refractivity contribution in [3.8, 4) is 5.75 Å². The van der Waals surface area contributed by atoms with Gasteiger partial charge < -0.3 is 15.0 Å². The number of hydrogen-bond acceptors (Lipinski definition) is 4. The molecule has 162 valence electrons. The molecular formula is C24H25Cl2N3O2. The lowest BCUT2D eigenvalue weighted by molar-refractivity contribution is 0.102. The molecule has 1 aromatic heterocycles. The van der Waals surface area contributed by atoms with Crippen LogP contribution in [0.1, 0.15) is 31.1 Å². The van der Waals surface area contributed by atoms with Gasteiger partial charge in [-0.05, 0) is 67.4 Å². The molecule has 31 heavy (non-hydrogen) atoms. The SMILES string of the molecule is CCN(c1cc(C(=O)Nc2ccc(OCC(C)C)cc2)ccc1Cl)c1ncccc1Cl. The van der Waals surface area contributed by atoms with E-state index in [9.17, 15) is 4.79 Å². The number of carbonyl (C=O) groups is 1. The van der Waals surface area contributed by atoms with Crippen molar-refractivity contribution in [1.82, 2.24) is 4.98 Å². The van der Waals surface area contributed by atoms with Crippen molar-refractivity contribution >= 4 is 46.3 Å². The van der Waals surface area contributed by atoms with Crippen molar-refractivity contribution in [1.29, 1.82) is 0 Å². The summed E-state index contributed by atoms with van der Waals surface area (Å²) in [6.45, 7) is 7.39. The third-order valence-electron chi connectivity index (χ3n) is 4.51. The van der Waals surface area contributed by atoms with Crippen LogP contribution in [0.5, 0.6) is 5.75 Å². The van der Waals surface area contributed by atoms with E-state index in [1.165, 1.54) is 0 Å². The first-order chi connectivity index (χ1) is 14.9. The van der Waals surface area contributed by atoms with Gasteiger partial charge in [-0.2, -0.15) is 0 Å². The van der Waals surface area contributed by atoms with Gasteiger partial charge in [-0.25, -0.2) is 4.98 Å². The Hall–Kier alpha value is -2.76. The number of benzene rings is 2. The number of amides is 1. The van der Waals surface area contributed by atoms with Gasteiger partial charge in [-0.1, -0.05) is 37.0 Å². The second-order valence-electron chi connectivity index (χ2n) is 7.40. The largest absolute Gasteiger partial charge is 0.493 e. The highest BCUT2D eigenvalue weighted by molar-refractivity contribution is 6.35. The number of rotatable bonds is 8. The Kier molecular flexibility index (Phi) is 7.77. The van der Waals surface area contributed by atoms with Gasteiger partial charge in [-0.15, -0.1) is 0 Å². The maximum absolute atomic E-state index is 12.8. The van der Waals surface area contributed by atoms with E-state index in [1.54, 1.807) is 36.5 Å². The van der Waals surface area contributed by atoms with Gasteiger partial charge in [0.15, 0.2) is 5.82 Å². The fourth-order valence-corrected chi connectivity index (χ4v) is 3.41. The third-order valence-corrected chi connectivity index (χ3v) is 5.12. The number of anilines is 3. The Morgan fingerprint density at radius 3 is 2.48 bits per heavy atom. The lowest BCUT2D eigenvalue weighted by Gasteiger charge is -2.24. The van der Waals surface area contributed by atoms with Crippen molar-refractivity contribution in [2.45, 2.75) is 20.8 Å². The Balaban J connectivity index is 1.79. The summed E-state index contributed by atoms with van der Waals surface area (Å²) >= 11 is 12.8. The zero-order chi connectivity index (χ0) is 22.4. The quantitative estimate of drug-likeness (QED) is 0.402. The highest BCUT2D eigenvalue weighted by Crippen LogP contribution is 2.35. The number of halogens is 2. The first kappa shape index (κ1) is 22.9. The molecule has 0 radical (unpaired) electrons. The second kappa shape index (κ2) is 10.5. The average molecular weight is 458 g/mol. The molecule has 0 aliphatic carbocycles. The van der Waals surface area contributed by atoms with Crippen LogP contribution in [0.4, 0.5) is 17.2 Å². The molecule has 0 atom stereocenters. The Labute approximate surface area is 193 Å². The molecule has 0 aliphatic heterocycles. The molecule has 0 saturated carbocycles. The minimum atomic E-state index is -0.239. The lowest BCUT2D eigenvalue weighted by atomic mass is 10.1. The minimum Gasteiger partial charge on any atom is -0.493 e. The molecule has 3 rings (SSSR count). The standard InChI is InChI=1S/C24H25Cl2N3O2/c1-4-29(23-21(26)6-5-13-27-23)22-14-17(7-12-20(22)25)24(30)28-18-8-10-19(11-9-18)31-15-16(2)3/h5-14,16H,4,15H2,1-3H3,(H,28,30). The van der Waals surface area contributed by atoms with Crippen molar-refractivity contribution < 1.29 is 9.53 Å². The third kappa shape index (κ3) is 5.90. The lowest BCUT2D eigenvalue weighted by Crippen LogP contribution is -2.19. The van der Waals surface area contributed by atoms with Crippen molar-refractivity contribution in [3.63, 3.8) is 0 Å². The summed E-state index contributed by atoms with van der Waals surface area (Å²) in [4.78, 5) is 19.1. The van der Waals surface area contributed by atoms with Gasteiger partial charge in [-0.3, -0.25) is 4.79 Å². The second-order valence-corrected chi connectivity index (χ2v) is 8.22. The normalized spacial score (nSPS) is 10.8. The Morgan fingerprint density at radius 1 is 1.10 bits per heavy atom. The van der Waals surface area contributed by atoms with Gasteiger partial charge >= 0.3 is 0 Å². The predicted molar refractivity (Wildman–Crippen MR) is 128 cm³/mol. The van der Waals surface area contributed by atoms with Crippen LogP contribution in [-0.2, 0) is 0 Å². The first-order valence-electron chi connectivity index (χ1n) is 10.1. The van der Waals surface area contributed by atoms with Crippen LogP contribution >= 0.6 is 23.2 Å². The molecule has 0 unspecified atom stereocenters. The van der Waals surface area contributed by atoms with Crippen molar-refractivity contribution in [2.75, 3.05) is 23.4 Å². The van der Waals surface area contributed by atoms with Crippen LogP contribution in [0.2, 0.25) is 10.0 Å². The molecular weight excluding hydrogens is 433 g/mol. The van der Waals surface area contributed by atoms with Gasteiger partial charge in [0.05, 0.1) is 22.3 Å². The number of carbonyl (C=O) groups excluding carboxylic acids is 1. The zero-order valence-electron chi connectivity index (χ0n) is 17.7. The van der Waals surface area contributed by atoms with E-state index in [2.05, 4.69) is 24.1 Å². The number of nitrogens with one attached hydrogen (secondary N) is 1. The fraction of sp³-hybridized carbons (Fsp3) is 0.250. The Morgan fingerprint density at radius 2 is 1.84 bits per heavy atom. The average Bonchev–Trinajstić information content (AvgIpc) is 2.76. The molecule has 1 amide bonds. The highest BCUT2D eigenvalue weighted by atomic mass is 35.5. The van der Waals surface area contributed by atoms with Crippen LogP contribution in [0.25, 0.3) is 0 Å². The zero-order valence-corrected chi connectivity index (χ0v) is 19.2. The number of hydrogen-bond donors (Lipinski definition) is 1. The maximum atomic E-state index is 12.8. The molecule has 0 spiro atoms. The van der Waals surface area contributed by atoms with E-state index in [0.717, 1.165) is 5.75 Å². The van der Waals surface area contributed by atoms with E-state index in [4.69, 9.17) is 27.9 Å². The van der Waals surface area contributed by atoms with Crippen molar-refractivity contribution in [3.05, 3.63) is 76.4 Å². The minimum absolute atomic E-state index is 0.239. The number of aromatic nitrogens is 1. The van der Waals surface area contributed by atoms with Gasteiger partial charge in [0.2, 0.25) is 0 Å². The number of ether oxygens (including phenoxy) is 1. The molecule has 0 fully saturated rings. The molecule has 1 heterocycles. The van der Waals surface area contributed by atoms with E-state index in [-0.39, 0.29) is 5.91 Å². The van der Waals surface area contributed by atoms with Crippen LogP contribution in [0.15, 0.2) is 60.8 Å². The molecule has 0 saturated heterocycles. The van der Waals surface area contributed by atoms with Gasteiger partial charge in [0.1, 0.15) is 5.75 Å². The summed E-state index contributed by atoms with van der Waals surface area (Å²) in [5, 5.41) is 3.92. The van der Waals surface area contributed by atoms with E-state index in [1.807, 2.05) is 36.1 Å². The molecule has 0 bridgehead atoms. The predicted octanol–water partition coefficient (Wildman–Crippen LogP) is 6.83. The van der Waals surface area contributed by atoms with E-state index < -0.39 is 0 Å². The van der Waals surface area contributed by atoms with Gasteiger partial charge in [0, 0.05) is 24.0 Å². The molecule has 5 nitrogen and oxygen atoms in total. The smallest absolute Gasteiger partial charge is 0.255 e. The van der Waals surface area contributed by atoms with Crippen LogP contribution in [0.3, 0.4) is 0 Å². The highest BCUT2D eigenvalue weighted by Gasteiger charge is 2.17. The van der Waals surface area contributed by atoms with Gasteiger partial charge in [0.25, 0.3) is 5.91 Å². The van der Waals surface area contributed by atoms with Crippen LogP contribution in [0, 0.1) is 5.92 Å². The number of nitrogens with zero attached hydrogens (tertiary/aromatic N) is 2. The molecule has 3 aromatic rings. The fourth-order valence-electron chi connectivity index (χ4n) is 2.97. The van der Waals surface area contributed by atoms with Crippen LogP contribution in [-0.4, -0.2) is 24.0 Å². The van der Waals surface area contributed by atoms with Crippen molar-refractivity contribution in [2.24, 2.45) is 5.92 Å². The summed E-state index contributed by atoms with van der Waals surface area (Å²) in [5.74, 6) is 1.56. The molecule has 7 heteroatoms. The molecule has 0 aliphatic rings. The topological polar surface area (TPSA) is 54.5 Å². The van der Waals surface area contributed by atoms with Crippen LogP contribution < -0.4 is 15.0 Å². The van der Waals surface area contributed by atoms with E-state index >= 15 is 0 Å². The number of pyridine rings is 1. The summed E-state index contributed by atoms with van der Waals surface area (Å²) in [7, 11) is 0. The molecule has 1 N–H and O–H groups in total. The maximum Gasteiger partial charge on any atom is 0.255 e. The first-order valence-corrected chi connectivity index (χ1v) is 10.9. The Bertz CT molecular complexity index is 1040. The monoisotopic (exact) mass is 457 g/mol. The summed E-state index contributed by atoms with van der Waals surface area (Å²) in [6, 6.07) is 16.0. The molecule has 2 aromatic carbocycles. The summed E-state index contributed by atoms with van der Waals surface area (Å²) < 4.78 is 5.68. The summed E-state index contributed by atoms with van der Waals surface area (Å²) in [5.41, 5.74) is 1.82.